The number of carbonyl (C=O) groups is 2. The van der Waals surface area contributed by atoms with Crippen LogP contribution in [0.3, 0.4) is 0 Å². The van der Waals surface area contributed by atoms with Crippen molar-refractivity contribution in [1.82, 2.24) is 5.32 Å². The van der Waals surface area contributed by atoms with Crippen molar-refractivity contribution in [1.29, 1.82) is 0 Å². The molecule has 3 rings (SSSR count). The fourth-order valence-corrected chi connectivity index (χ4v) is 4.52. The van der Waals surface area contributed by atoms with Crippen molar-refractivity contribution >= 4 is 74.7 Å². The Bertz CT molecular complexity index is 1100. The van der Waals surface area contributed by atoms with Gasteiger partial charge in [0.2, 0.25) is 5.91 Å². The van der Waals surface area contributed by atoms with E-state index >= 15 is 0 Å². The third-order valence-corrected chi connectivity index (χ3v) is 6.93. The molecule has 206 valence electrons. The molecule has 1 aliphatic carbocycles. The topological polar surface area (TPSA) is 154 Å². The third-order valence-electron chi connectivity index (χ3n) is 5.96. The number of para-hydroxylation sites is 1. The summed E-state index contributed by atoms with van der Waals surface area (Å²) >= 11 is 6.01. The summed E-state index contributed by atoms with van der Waals surface area (Å²) in [6.45, 7) is 0.420. The molecule has 4 N–H and O–H groups in total. The SMILES string of the molecule is O.O=C(COCC1CCC(COC(=O)N(c2ccccc2)c2ccc(Cl)cc2)CC1)NCCS(=O)(=O)O.[NaH]. The van der Waals surface area contributed by atoms with E-state index in [2.05, 4.69) is 5.32 Å². The number of nitrogens with zero attached hydrogens (tertiary/aromatic N) is 1. The van der Waals surface area contributed by atoms with Crippen LogP contribution < -0.4 is 10.2 Å². The van der Waals surface area contributed by atoms with Gasteiger partial charge in [0.25, 0.3) is 10.1 Å². The molecule has 0 radical (unpaired) electrons. The molecule has 0 aromatic heterocycles. The van der Waals surface area contributed by atoms with Gasteiger partial charge in [-0.15, -0.1) is 0 Å². The van der Waals surface area contributed by atoms with Crippen LogP contribution in [0.15, 0.2) is 54.6 Å². The predicted octanol–water partition coefficient (Wildman–Crippen LogP) is 2.97. The van der Waals surface area contributed by atoms with Crippen molar-refractivity contribution in [3.63, 3.8) is 0 Å². The minimum atomic E-state index is -4.10. The van der Waals surface area contributed by atoms with Crippen LogP contribution in [0.5, 0.6) is 0 Å². The molecule has 0 heterocycles. The predicted molar refractivity (Wildman–Crippen MR) is 148 cm³/mol. The third kappa shape index (κ3) is 12.0. The van der Waals surface area contributed by atoms with Crippen molar-refractivity contribution in [2.24, 2.45) is 11.8 Å². The van der Waals surface area contributed by atoms with Crippen molar-refractivity contribution in [2.45, 2.75) is 25.7 Å². The number of rotatable bonds is 11. The van der Waals surface area contributed by atoms with Crippen LogP contribution in [0.1, 0.15) is 25.7 Å². The molecule has 2 aromatic carbocycles. The van der Waals surface area contributed by atoms with Gasteiger partial charge < -0.3 is 20.3 Å². The van der Waals surface area contributed by atoms with Gasteiger partial charge >= 0.3 is 35.7 Å². The van der Waals surface area contributed by atoms with Gasteiger partial charge in [0, 0.05) is 11.6 Å². The molecular formula is C25H34ClN2NaO8S. The van der Waals surface area contributed by atoms with E-state index in [9.17, 15) is 18.0 Å². The second kappa shape index (κ2) is 17.1. The number of hydrogen-bond donors (Lipinski definition) is 2. The number of nitrogens with one attached hydrogen (secondary N) is 1. The number of carbonyl (C=O) groups excluding carboxylic acids is 2. The van der Waals surface area contributed by atoms with E-state index in [0.717, 1.165) is 25.7 Å². The van der Waals surface area contributed by atoms with Gasteiger partial charge in [-0.1, -0.05) is 29.8 Å². The van der Waals surface area contributed by atoms with E-state index in [0.29, 0.717) is 35.5 Å². The number of halogens is 1. The van der Waals surface area contributed by atoms with E-state index < -0.39 is 27.9 Å². The van der Waals surface area contributed by atoms with Gasteiger partial charge in [-0.2, -0.15) is 8.42 Å². The molecule has 1 saturated carbocycles. The first kappa shape index (κ1) is 34.3. The Morgan fingerprint density at radius 2 is 1.50 bits per heavy atom. The Balaban J connectivity index is 0.00000361. The van der Waals surface area contributed by atoms with E-state index in [4.69, 9.17) is 25.6 Å². The second-order valence-corrected chi connectivity index (χ2v) is 10.8. The van der Waals surface area contributed by atoms with Gasteiger partial charge in [-0.05, 0) is 73.9 Å². The fraction of sp³-hybridized carbons (Fsp3) is 0.440. The summed E-state index contributed by atoms with van der Waals surface area (Å²) in [7, 11) is -4.10. The number of amides is 2. The zero-order valence-electron chi connectivity index (χ0n) is 20.3. The molecule has 0 spiro atoms. The first-order valence-electron chi connectivity index (χ1n) is 11.8. The maximum atomic E-state index is 13.0. The Morgan fingerprint density at radius 1 is 0.947 bits per heavy atom. The van der Waals surface area contributed by atoms with Crippen LogP contribution in [0, 0.1) is 11.8 Å². The number of ether oxygens (including phenoxy) is 2. The Kier molecular flexibility index (Phi) is 15.4. The zero-order chi connectivity index (χ0) is 26.0. The van der Waals surface area contributed by atoms with E-state index in [1.165, 1.54) is 4.90 Å². The second-order valence-electron chi connectivity index (χ2n) is 8.76. The van der Waals surface area contributed by atoms with Crippen LogP contribution in [0.25, 0.3) is 0 Å². The molecule has 1 aliphatic rings. The fourth-order valence-electron chi connectivity index (χ4n) is 4.03. The Hall–Kier alpha value is -1.70. The summed E-state index contributed by atoms with van der Waals surface area (Å²) in [4.78, 5) is 26.2. The normalized spacial score (nSPS) is 16.9. The Labute approximate surface area is 250 Å². The number of hydrogen-bond acceptors (Lipinski definition) is 6. The maximum absolute atomic E-state index is 13.0. The van der Waals surface area contributed by atoms with Gasteiger partial charge in [0.1, 0.15) is 6.61 Å². The summed E-state index contributed by atoms with van der Waals surface area (Å²) in [5, 5.41) is 2.97. The van der Waals surface area contributed by atoms with Crippen LogP contribution in [0.4, 0.5) is 16.2 Å². The molecule has 1 fully saturated rings. The quantitative estimate of drug-likeness (QED) is 0.306. The van der Waals surface area contributed by atoms with Crippen molar-refractivity contribution in [3.05, 3.63) is 59.6 Å². The van der Waals surface area contributed by atoms with Crippen LogP contribution in [-0.4, -0.2) is 92.1 Å². The van der Waals surface area contributed by atoms with Crippen LogP contribution >= 0.6 is 11.6 Å². The molecule has 0 saturated heterocycles. The molecule has 13 heteroatoms. The molecular weight excluding hydrogens is 547 g/mol. The summed E-state index contributed by atoms with van der Waals surface area (Å²) in [5.74, 6) is -0.409. The molecule has 38 heavy (non-hydrogen) atoms. The van der Waals surface area contributed by atoms with E-state index in [1.54, 1.807) is 24.3 Å². The monoisotopic (exact) mass is 580 g/mol. The Morgan fingerprint density at radius 3 is 2.08 bits per heavy atom. The minimum absolute atomic E-state index is 0. The molecule has 2 aromatic rings. The van der Waals surface area contributed by atoms with Crippen molar-refractivity contribution < 1.29 is 37.5 Å². The first-order chi connectivity index (χ1) is 17.2. The van der Waals surface area contributed by atoms with Gasteiger partial charge in [-0.3, -0.25) is 9.35 Å². The van der Waals surface area contributed by atoms with Crippen molar-refractivity contribution in [3.8, 4) is 0 Å². The first-order valence-corrected chi connectivity index (χ1v) is 13.8. The molecule has 0 unspecified atom stereocenters. The number of anilines is 2. The average Bonchev–Trinajstić information content (AvgIpc) is 2.85. The van der Waals surface area contributed by atoms with E-state index in [1.807, 2.05) is 30.3 Å². The summed E-state index contributed by atoms with van der Waals surface area (Å²) in [6.07, 6.45) is 3.11. The van der Waals surface area contributed by atoms with Crippen molar-refractivity contribution in [2.75, 3.05) is 37.0 Å². The van der Waals surface area contributed by atoms with Crippen LogP contribution in [0.2, 0.25) is 5.02 Å². The molecule has 2 amide bonds. The average molecular weight is 581 g/mol. The molecule has 0 aliphatic heterocycles. The summed E-state index contributed by atoms with van der Waals surface area (Å²) in [6, 6.07) is 16.3. The van der Waals surface area contributed by atoms with E-state index in [-0.39, 0.29) is 54.1 Å². The standard InChI is InChI=1S/C25H31ClN2O7S.Na.H2O.H/c26-21-10-12-23(13-11-21)28(22-4-2-1-3-5-22)25(30)35-17-20-8-6-19(7-9-20)16-34-18-24(29)27-14-15-36(31,32)33;;;/h1-5,10-13,19-20H,6-9,14-18H2,(H,27,29)(H,31,32,33);;1H2;. The molecule has 10 nitrogen and oxygen atoms in total. The van der Waals surface area contributed by atoms with Gasteiger partial charge in [0.05, 0.1) is 30.3 Å². The van der Waals surface area contributed by atoms with Crippen LogP contribution in [-0.2, 0) is 24.4 Å². The zero-order valence-corrected chi connectivity index (χ0v) is 21.9. The summed E-state index contributed by atoms with van der Waals surface area (Å²) < 4.78 is 41.1. The van der Waals surface area contributed by atoms with Gasteiger partial charge in [0.15, 0.2) is 0 Å². The molecule has 0 atom stereocenters. The summed E-state index contributed by atoms with van der Waals surface area (Å²) in [5.41, 5.74) is 1.37. The number of benzene rings is 2. The van der Waals surface area contributed by atoms with Gasteiger partial charge in [-0.25, -0.2) is 9.69 Å². The molecule has 0 bridgehead atoms.